The molecule has 2 rings (SSSR count). The highest BCUT2D eigenvalue weighted by Gasteiger charge is 2.39. The van der Waals surface area contributed by atoms with E-state index < -0.39 is 6.04 Å². The lowest BCUT2D eigenvalue weighted by atomic mass is 9.85. The highest BCUT2D eigenvalue weighted by molar-refractivity contribution is 7.77. The molecule has 288 valence electrons. The standard InChI is InChI=1S/C23H47N5O2S.C5H9NO2.C4H8.C2H5NO.C2H4/c1-16(2)28(31)14-12-24-15-18(22(4,5)6)25-21(30)26-19(23(7,8)9)20(29)27-13-10-11-17(27)3;1-4(5(2)8)6-3-7;1-4-2-3-4;1-3-2-4;1-2/h16-19,24,31H,10-15H2,1-9H3,(H2,25,26,30);3-4H,1-2H3,(H,6,7);4H,2-3H2,1H3;2H,1H3,(H,3,4);1-2H2/t17?,18-,19?;;;;/m1..../s1. The van der Waals surface area contributed by atoms with Crippen molar-refractivity contribution in [3.63, 3.8) is 0 Å². The van der Waals surface area contributed by atoms with Crippen LogP contribution in [0.3, 0.4) is 0 Å². The molecule has 2 aliphatic rings. The van der Waals surface area contributed by atoms with Crippen LogP contribution in [-0.4, -0.2) is 103 Å². The van der Waals surface area contributed by atoms with Crippen LogP contribution in [0.25, 0.3) is 0 Å². The molecule has 0 radical (unpaired) electrons. The van der Waals surface area contributed by atoms with Crippen LogP contribution >= 0.6 is 12.8 Å². The minimum atomic E-state index is -0.564. The maximum absolute atomic E-state index is 13.2. The predicted octanol–water partition coefficient (Wildman–Crippen LogP) is 4.56. The molecule has 5 N–H and O–H groups in total. The summed E-state index contributed by atoms with van der Waals surface area (Å²) in [6.07, 6.45) is 6.16. The minimum Gasteiger partial charge on any atom is -0.362 e. The molecule has 3 unspecified atom stereocenters. The quantitative estimate of drug-likeness (QED) is 0.0708. The Morgan fingerprint density at radius 3 is 1.76 bits per heavy atom. The van der Waals surface area contributed by atoms with E-state index in [9.17, 15) is 19.2 Å². The zero-order valence-electron chi connectivity index (χ0n) is 33.1. The van der Waals surface area contributed by atoms with Gasteiger partial charge in [0.05, 0.1) is 6.04 Å². The molecule has 1 saturated heterocycles. The Morgan fingerprint density at radius 2 is 1.45 bits per heavy atom. The molecule has 1 heterocycles. The minimum absolute atomic E-state index is 0.0145. The van der Waals surface area contributed by atoms with Crippen molar-refractivity contribution in [3.05, 3.63) is 13.2 Å². The zero-order valence-corrected chi connectivity index (χ0v) is 34.0. The Bertz CT molecular complexity index is 936. The Balaban J connectivity index is -0.000000952. The molecule has 4 atom stereocenters. The molecular formula is C36H73N7O5S. The molecule has 0 bridgehead atoms. The van der Waals surface area contributed by atoms with E-state index in [1.54, 1.807) is 14.0 Å². The van der Waals surface area contributed by atoms with E-state index in [-0.39, 0.29) is 46.7 Å². The maximum atomic E-state index is 13.2. The van der Waals surface area contributed by atoms with Gasteiger partial charge in [-0.1, -0.05) is 74.1 Å². The molecule has 1 aliphatic carbocycles. The number of urea groups is 1. The number of ketones is 1. The number of thiol groups is 1. The van der Waals surface area contributed by atoms with E-state index >= 15 is 0 Å². The molecule has 1 aliphatic heterocycles. The smallest absolute Gasteiger partial charge is 0.315 e. The first-order valence-corrected chi connectivity index (χ1v) is 17.9. The number of carbonyl (C=O) groups excluding carboxylic acids is 5. The summed E-state index contributed by atoms with van der Waals surface area (Å²) in [5.41, 5.74) is -0.507. The molecule has 13 heteroatoms. The maximum Gasteiger partial charge on any atom is 0.315 e. The zero-order chi connectivity index (χ0) is 39.0. The van der Waals surface area contributed by atoms with Crippen molar-refractivity contribution < 1.29 is 24.0 Å². The number of hydrogen-bond donors (Lipinski definition) is 6. The fraction of sp³-hybridized carbons (Fsp3) is 0.806. The van der Waals surface area contributed by atoms with Crippen molar-refractivity contribution in [2.45, 2.75) is 139 Å². The second kappa shape index (κ2) is 27.1. The SMILES string of the molecule is C=C.CC(=O)C(C)NC=O.CC(C)N(S)CCNC[C@@H](NC(=O)NC(C(=O)N1CCCC1C)C(C)(C)C)C(C)(C)C.CC1CC1.CNC=O. The fourth-order valence-electron chi connectivity index (χ4n) is 4.06. The molecule has 5 amide bonds. The Labute approximate surface area is 304 Å². The van der Waals surface area contributed by atoms with Gasteiger partial charge in [0, 0.05) is 51.4 Å². The van der Waals surface area contributed by atoms with Crippen LogP contribution in [0.2, 0.25) is 0 Å². The van der Waals surface area contributed by atoms with E-state index in [0.29, 0.717) is 25.4 Å². The van der Waals surface area contributed by atoms with Gasteiger partial charge in [0.1, 0.15) is 6.04 Å². The normalized spacial score (nSPS) is 17.1. The molecule has 0 aromatic heterocycles. The number of carbonyl (C=O) groups is 5. The summed E-state index contributed by atoms with van der Waals surface area (Å²) in [6.45, 7) is 33.0. The summed E-state index contributed by atoms with van der Waals surface area (Å²) < 4.78 is 1.98. The van der Waals surface area contributed by atoms with E-state index in [2.05, 4.69) is 101 Å². The highest BCUT2D eigenvalue weighted by atomic mass is 32.1. The highest BCUT2D eigenvalue weighted by Crippen LogP contribution is 2.27. The number of nitrogens with zero attached hydrogens (tertiary/aromatic N) is 2. The van der Waals surface area contributed by atoms with Crippen LogP contribution in [0.5, 0.6) is 0 Å². The van der Waals surface area contributed by atoms with E-state index in [4.69, 9.17) is 4.79 Å². The Hall–Kier alpha value is -2.64. The van der Waals surface area contributed by atoms with Gasteiger partial charge < -0.3 is 31.5 Å². The average Bonchev–Trinajstić information content (AvgIpc) is 3.68. The molecule has 12 nitrogen and oxygen atoms in total. The van der Waals surface area contributed by atoms with Crippen LogP contribution < -0.4 is 26.6 Å². The third kappa shape index (κ3) is 25.9. The number of Topliss-reactive ketones (excluding diaryl/α,β-unsaturated/α-hetero) is 1. The molecule has 0 aromatic rings. The molecule has 0 aromatic carbocycles. The summed E-state index contributed by atoms with van der Waals surface area (Å²) in [7, 11) is 1.56. The van der Waals surface area contributed by atoms with Crippen LogP contribution in [-0.2, 0) is 19.2 Å². The van der Waals surface area contributed by atoms with Gasteiger partial charge in [-0.25, -0.2) is 9.10 Å². The van der Waals surface area contributed by atoms with Gasteiger partial charge in [-0.3, -0.25) is 19.2 Å². The summed E-state index contributed by atoms with van der Waals surface area (Å²) >= 11 is 4.47. The summed E-state index contributed by atoms with van der Waals surface area (Å²) in [5, 5.41) is 14.1. The van der Waals surface area contributed by atoms with Crippen molar-refractivity contribution in [3.8, 4) is 0 Å². The van der Waals surface area contributed by atoms with Gasteiger partial charge >= 0.3 is 6.03 Å². The number of rotatable bonds is 13. The van der Waals surface area contributed by atoms with Crippen LogP contribution in [0, 0.1) is 16.7 Å². The van der Waals surface area contributed by atoms with Crippen molar-refractivity contribution in [2.24, 2.45) is 16.7 Å². The predicted molar refractivity (Wildman–Crippen MR) is 206 cm³/mol. The third-order valence-corrected chi connectivity index (χ3v) is 8.61. The van der Waals surface area contributed by atoms with Gasteiger partial charge in [0.25, 0.3) is 0 Å². The molecule has 49 heavy (non-hydrogen) atoms. The van der Waals surface area contributed by atoms with Crippen molar-refractivity contribution in [1.82, 2.24) is 35.8 Å². The van der Waals surface area contributed by atoms with E-state index in [1.165, 1.54) is 19.8 Å². The topological polar surface area (TPSA) is 152 Å². The van der Waals surface area contributed by atoms with Crippen molar-refractivity contribution in [1.29, 1.82) is 0 Å². The van der Waals surface area contributed by atoms with Crippen LogP contribution in [0.4, 0.5) is 4.79 Å². The monoisotopic (exact) mass is 716 g/mol. The molecular weight excluding hydrogens is 643 g/mol. The fourth-order valence-corrected chi connectivity index (χ4v) is 4.16. The second-order valence-electron chi connectivity index (χ2n) is 15.0. The molecule has 1 saturated carbocycles. The largest absolute Gasteiger partial charge is 0.362 e. The molecule has 2 fully saturated rings. The Kier molecular flexibility index (Phi) is 28.1. The van der Waals surface area contributed by atoms with Gasteiger partial charge in [0.2, 0.25) is 18.7 Å². The van der Waals surface area contributed by atoms with Crippen molar-refractivity contribution in [2.75, 3.05) is 33.2 Å². The summed E-state index contributed by atoms with van der Waals surface area (Å²) in [6, 6.07) is -0.678. The number of nitrogens with one attached hydrogen (secondary N) is 5. The van der Waals surface area contributed by atoms with E-state index in [1.807, 2.05) is 30.0 Å². The lowest BCUT2D eigenvalue weighted by molar-refractivity contribution is -0.136. The third-order valence-electron chi connectivity index (χ3n) is 7.95. The van der Waals surface area contributed by atoms with Gasteiger partial charge in [-0.05, 0) is 64.2 Å². The summed E-state index contributed by atoms with van der Waals surface area (Å²) in [4.78, 5) is 57.1. The number of likely N-dealkylation sites (tertiary alicyclic amines) is 1. The number of amides is 5. The first kappa shape index (κ1) is 50.7. The first-order valence-electron chi connectivity index (χ1n) is 17.5. The Morgan fingerprint density at radius 1 is 0.939 bits per heavy atom. The first-order chi connectivity index (χ1) is 22.6. The second-order valence-corrected chi connectivity index (χ2v) is 15.5. The lowest BCUT2D eigenvalue weighted by Crippen LogP contribution is -2.60. The average molecular weight is 716 g/mol. The van der Waals surface area contributed by atoms with Gasteiger partial charge in [-0.2, -0.15) is 0 Å². The van der Waals surface area contributed by atoms with Crippen LogP contribution in [0.1, 0.15) is 109 Å². The molecule has 0 spiro atoms. The van der Waals surface area contributed by atoms with E-state index in [0.717, 1.165) is 38.4 Å². The lowest BCUT2D eigenvalue weighted by Gasteiger charge is -2.37. The van der Waals surface area contributed by atoms with Crippen LogP contribution in [0.15, 0.2) is 13.2 Å². The van der Waals surface area contributed by atoms with Gasteiger partial charge in [0.15, 0.2) is 5.78 Å². The summed E-state index contributed by atoms with van der Waals surface area (Å²) in [5.74, 6) is 1.07. The number of hydrogen-bond acceptors (Lipinski definition) is 8. The van der Waals surface area contributed by atoms with Gasteiger partial charge in [-0.15, -0.1) is 13.2 Å². The van der Waals surface area contributed by atoms with Crippen molar-refractivity contribution >= 4 is 43.4 Å².